The molecule has 0 saturated carbocycles. The Morgan fingerprint density at radius 2 is 1.72 bits per heavy atom. The fraction of sp³-hybridized carbons (Fsp3) is 0.0833. The smallest absolute Gasteiger partial charge is 0.281 e. The molecule has 4 aromatic rings. The van der Waals surface area contributed by atoms with Gasteiger partial charge in [-0.15, -0.1) is 6.58 Å². The first-order valence-electron chi connectivity index (χ1n) is 10.5. The fourth-order valence-corrected chi connectivity index (χ4v) is 6.22. The highest BCUT2D eigenvalue weighted by atomic mass is 32.2. The molecule has 1 heterocycles. The van der Waals surface area contributed by atoms with Crippen LogP contribution in [-0.4, -0.2) is 27.3 Å². The zero-order valence-electron chi connectivity index (χ0n) is 19.1. The minimum absolute atomic E-state index is 0.0565. The highest BCUT2D eigenvalue weighted by Crippen LogP contribution is 2.23. The Bertz CT molecular complexity index is 1770. The number of nitrogens with zero attached hydrogens (tertiary/aromatic N) is 2. The Labute approximate surface area is 212 Å². The van der Waals surface area contributed by atoms with Crippen molar-refractivity contribution < 1.29 is 21.6 Å². The standard InChI is InChI=1S/C24H22N4O5S3/c1-3-14-28-21-13-12-18(35(25,30)31)15-22(21)34-24(28)26-23(29)19-6-4-5-7-20(19)27-36(32,33)17-10-8-16(2)9-11-17/h3-13,15,27H,1,14H2,2H3,(H2,25,30,31). The summed E-state index contributed by atoms with van der Waals surface area (Å²) < 4.78 is 54.0. The molecule has 0 atom stereocenters. The number of aromatic nitrogens is 1. The SMILES string of the molecule is C=CCn1c(=NC(=O)c2ccccc2NS(=O)(=O)c2ccc(C)cc2)sc2cc(S(N)(=O)=O)ccc21. The maximum absolute atomic E-state index is 13.2. The summed E-state index contributed by atoms with van der Waals surface area (Å²) in [5, 5.41) is 5.24. The highest BCUT2D eigenvalue weighted by molar-refractivity contribution is 7.92. The lowest BCUT2D eigenvalue weighted by atomic mass is 10.2. The quantitative estimate of drug-likeness (QED) is 0.345. The Morgan fingerprint density at radius 1 is 1.06 bits per heavy atom. The number of hydrogen-bond acceptors (Lipinski definition) is 6. The van der Waals surface area contributed by atoms with Crippen LogP contribution in [0.25, 0.3) is 10.2 Å². The third-order valence-corrected chi connectivity index (χ3v) is 8.56. The molecule has 0 fully saturated rings. The number of sulfonamides is 2. The van der Waals surface area contributed by atoms with Gasteiger partial charge in [-0.2, -0.15) is 4.99 Å². The molecule has 3 N–H and O–H groups in total. The zero-order valence-corrected chi connectivity index (χ0v) is 21.5. The Balaban J connectivity index is 1.78. The largest absolute Gasteiger partial charge is 0.312 e. The summed E-state index contributed by atoms with van der Waals surface area (Å²) in [5.41, 5.74) is 1.70. The number of aryl methyl sites for hydroxylation is 1. The molecule has 1 aromatic heterocycles. The Hall–Kier alpha value is -3.58. The Kier molecular flexibility index (Phi) is 6.96. The maximum Gasteiger partial charge on any atom is 0.281 e. The van der Waals surface area contributed by atoms with Crippen molar-refractivity contribution >= 4 is 53.2 Å². The van der Waals surface area contributed by atoms with E-state index in [1.165, 1.54) is 36.4 Å². The van der Waals surface area contributed by atoms with Gasteiger partial charge in [-0.05, 0) is 49.4 Å². The van der Waals surface area contributed by atoms with E-state index in [9.17, 15) is 21.6 Å². The lowest BCUT2D eigenvalue weighted by molar-refractivity contribution is 0.0998. The first-order chi connectivity index (χ1) is 17.0. The second-order valence-corrected chi connectivity index (χ2v) is 12.1. The molecule has 0 unspecified atom stereocenters. The zero-order chi connectivity index (χ0) is 26.1. The Morgan fingerprint density at radius 3 is 2.39 bits per heavy atom. The number of fused-ring (bicyclic) bond motifs is 1. The fourth-order valence-electron chi connectivity index (χ4n) is 3.45. The number of benzene rings is 3. The summed E-state index contributed by atoms with van der Waals surface area (Å²) >= 11 is 1.10. The number of hydrogen-bond donors (Lipinski definition) is 2. The van der Waals surface area contributed by atoms with Gasteiger partial charge in [0.25, 0.3) is 15.9 Å². The van der Waals surface area contributed by atoms with Crippen LogP contribution in [0.4, 0.5) is 5.69 Å². The lowest BCUT2D eigenvalue weighted by Crippen LogP contribution is -2.18. The summed E-state index contributed by atoms with van der Waals surface area (Å²) in [6, 6.07) is 16.9. The van der Waals surface area contributed by atoms with Crippen LogP contribution in [0.1, 0.15) is 15.9 Å². The van der Waals surface area contributed by atoms with Gasteiger partial charge >= 0.3 is 0 Å². The lowest BCUT2D eigenvalue weighted by Gasteiger charge is -2.11. The first-order valence-corrected chi connectivity index (χ1v) is 14.4. The molecule has 0 saturated heterocycles. The van der Waals surface area contributed by atoms with Crippen LogP contribution >= 0.6 is 11.3 Å². The molecule has 9 nitrogen and oxygen atoms in total. The summed E-state index contributed by atoms with van der Waals surface area (Å²) in [7, 11) is -7.85. The van der Waals surface area contributed by atoms with Crippen LogP contribution < -0.4 is 14.7 Å². The number of amides is 1. The average molecular weight is 543 g/mol. The van der Waals surface area contributed by atoms with Crippen LogP contribution in [0.5, 0.6) is 0 Å². The number of primary sulfonamides is 1. The minimum atomic E-state index is -3.94. The van der Waals surface area contributed by atoms with E-state index >= 15 is 0 Å². The van der Waals surface area contributed by atoms with Gasteiger partial charge in [-0.25, -0.2) is 22.0 Å². The van der Waals surface area contributed by atoms with Crippen LogP contribution in [0.2, 0.25) is 0 Å². The van der Waals surface area contributed by atoms with E-state index in [1.807, 2.05) is 6.92 Å². The van der Waals surface area contributed by atoms with Gasteiger partial charge in [0.1, 0.15) is 0 Å². The molecule has 0 bridgehead atoms. The number of carbonyl (C=O) groups is 1. The van der Waals surface area contributed by atoms with Gasteiger partial charge in [-0.1, -0.05) is 47.2 Å². The molecule has 0 aliphatic heterocycles. The van der Waals surface area contributed by atoms with Crippen LogP contribution in [0, 0.1) is 6.92 Å². The van der Waals surface area contributed by atoms with Crippen molar-refractivity contribution in [1.29, 1.82) is 0 Å². The molecule has 1 amide bonds. The summed E-state index contributed by atoms with van der Waals surface area (Å²) in [6.45, 7) is 5.89. The van der Waals surface area contributed by atoms with Gasteiger partial charge in [0.15, 0.2) is 4.80 Å². The van der Waals surface area contributed by atoms with Crippen molar-refractivity contribution in [1.82, 2.24) is 4.57 Å². The van der Waals surface area contributed by atoms with E-state index in [-0.39, 0.29) is 25.8 Å². The van der Waals surface area contributed by atoms with Crippen molar-refractivity contribution in [3.05, 3.63) is 95.3 Å². The molecule has 0 aliphatic carbocycles. The normalized spacial score (nSPS) is 12.6. The van der Waals surface area contributed by atoms with Crippen LogP contribution in [0.3, 0.4) is 0 Å². The number of rotatable bonds is 7. The topological polar surface area (TPSA) is 141 Å². The third kappa shape index (κ3) is 5.31. The molecule has 0 radical (unpaired) electrons. The second kappa shape index (κ2) is 9.82. The molecule has 186 valence electrons. The van der Waals surface area contributed by atoms with E-state index < -0.39 is 26.0 Å². The van der Waals surface area contributed by atoms with Gasteiger partial charge in [-0.3, -0.25) is 9.52 Å². The van der Waals surface area contributed by atoms with Crippen molar-refractivity contribution in [3.63, 3.8) is 0 Å². The highest BCUT2D eigenvalue weighted by Gasteiger charge is 2.19. The molecular weight excluding hydrogens is 520 g/mol. The van der Waals surface area contributed by atoms with Gasteiger partial charge in [0, 0.05) is 6.54 Å². The predicted octanol–water partition coefficient (Wildman–Crippen LogP) is 3.39. The minimum Gasteiger partial charge on any atom is -0.312 e. The van der Waals surface area contributed by atoms with Crippen molar-refractivity contribution in [2.45, 2.75) is 23.3 Å². The number of carbonyl (C=O) groups excluding carboxylic acids is 1. The second-order valence-electron chi connectivity index (χ2n) is 7.84. The monoisotopic (exact) mass is 542 g/mol. The summed E-state index contributed by atoms with van der Waals surface area (Å²) in [4.78, 5) is 17.7. The van der Waals surface area contributed by atoms with Crippen LogP contribution in [0.15, 0.2) is 94.2 Å². The van der Waals surface area contributed by atoms with Crippen molar-refractivity contribution in [2.75, 3.05) is 4.72 Å². The molecule has 36 heavy (non-hydrogen) atoms. The van der Waals surface area contributed by atoms with E-state index in [0.29, 0.717) is 16.8 Å². The maximum atomic E-state index is 13.2. The number of nitrogens with two attached hydrogens (primary N) is 1. The molecule has 0 aliphatic rings. The number of thiazole rings is 1. The molecular formula is C24H22N4O5S3. The van der Waals surface area contributed by atoms with Gasteiger partial charge in [0.05, 0.1) is 31.3 Å². The average Bonchev–Trinajstić information content (AvgIpc) is 3.15. The number of allylic oxidation sites excluding steroid dienone is 1. The van der Waals surface area contributed by atoms with Crippen molar-refractivity contribution in [3.8, 4) is 0 Å². The molecule has 0 spiro atoms. The van der Waals surface area contributed by atoms with E-state index in [4.69, 9.17) is 5.14 Å². The van der Waals surface area contributed by atoms with E-state index in [1.54, 1.807) is 41.0 Å². The number of anilines is 1. The van der Waals surface area contributed by atoms with E-state index in [2.05, 4.69) is 16.3 Å². The third-order valence-electron chi connectivity index (χ3n) is 5.22. The number of para-hydroxylation sites is 1. The molecule has 4 rings (SSSR count). The first kappa shape index (κ1) is 25.5. The summed E-state index contributed by atoms with van der Waals surface area (Å²) in [6.07, 6.45) is 1.62. The molecule has 3 aromatic carbocycles. The molecule has 12 heteroatoms. The van der Waals surface area contributed by atoms with Crippen molar-refractivity contribution in [2.24, 2.45) is 10.1 Å². The van der Waals surface area contributed by atoms with Crippen LogP contribution in [-0.2, 0) is 26.6 Å². The van der Waals surface area contributed by atoms with Gasteiger partial charge in [0.2, 0.25) is 10.0 Å². The van der Waals surface area contributed by atoms with E-state index in [0.717, 1.165) is 16.9 Å². The van der Waals surface area contributed by atoms with Gasteiger partial charge < -0.3 is 4.57 Å². The summed E-state index contributed by atoms with van der Waals surface area (Å²) in [5.74, 6) is -0.673. The number of nitrogens with one attached hydrogen (secondary N) is 1. The predicted molar refractivity (Wildman–Crippen MR) is 140 cm³/mol.